The highest BCUT2D eigenvalue weighted by Gasteiger charge is 2.16. The van der Waals surface area contributed by atoms with E-state index in [0.717, 1.165) is 6.42 Å². The van der Waals surface area contributed by atoms with Gasteiger partial charge in [-0.2, -0.15) is 0 Å². The molecule has 0 radical (unpaired) electrons. The zero-order chi connectivity index (χ0) is 12.4. The molecule has 1 aromatic carbocycles. The van der Waals surface area contributed by atoms with Crippen LogP contribution in [0.25, 0.3) is 0 Å². The lowest BCUT2D eigenvalue weighted by Crippen LogP contribution is -2.29. The molecule has 0 spiro atoms. The smallest absolute Gasteiger partial charge is 0.0794 e. The van der Waals surface area contributed by atoms with Crippen molar-refractivity contribution in [3.63, 3.8) is 0 Å². The van der Waals surface area contributed by atoms with Crippen LogP contribution in [0.3, 0.4) is 0 Å². The van der Waals surface area contributed by atoms with Crippen molar-refractivity contribution in [3.8, 4) is 0 Å². The van der Waals surface area contributed by atoms with Gasteiger partial charge in [0, 0.05) is 17.5 Å². The number of benzene rings is 1. The Morgan fingerprint density at radius 1 is 1.33 bits per heavy atom. The molecule has 3 N–H and O–H groups in total. The third kappa shape index (κ3) is 2.32. The van der Waals surface area contributed by atoms with Crippen LogP contribution in [0.2, 0.25) is 0 Å². The lowest BCUT2D eigenvalue weighted by molar-refractivity contribution is 0.555. The molecular weight excluding hydrogens is 242 g/mol. The summed E-state index contributed by atoms with van der Waals surface area (Å²) in [6, 6.07) is 6.95. The van der Waals surface area contributed by atoms with E-state index in [1.807, 2.05) is 11.7 Å². The maximum Gasteiger partial charge on any atom is 0.0794 e. The van der Waals surface area contributed by atoms with Crippen LogP contribution in [0, 0.1) is 0 Å². The summed E-state index contributed by atoms with van der Waals surface area (Å²) in [5, 5.41) is 0. The van der Waals surface area contributed by atoms with Crippen LogP contribution >= 0.6 is 11.3 Å². The molecule has 1 aliphatic carbocycles. The minimum atomic E-state index is 0.177. The Balaban J connectivity index is 1.83. The van der Waals surface area contributed by atoms with Gasteiger partial charge in [-0.15, -0.1) is 11.3 Å². The van der Waals surface area contributed by atoms with Gasteiger partial charge in [0.05, 0.1) is 11.6 Å². The molecule has 0 aliphatic heterocycles. The fourth-order valence-electron chi connectivity index (χ4n) is 2.63. The van der Waals surface area contributed by atoms with Crippen molar-refractivity contribution in [1.29, 1.82) is 0 Å². The average molecular weight is 259 g/mol. The lowest BCUT2D eigenvalue weighted by Gasteiger charge is -2.16. The molecule has 1 heterocycles. The summed E-state index contributed by atoms with van der Waals surface area (Å²) in [5.41, 5.74) is 9.08. The van der Waals surface area contributed by atoms with Gasteiger partial charge in [-0.3, -0.25) is 16.3 Å². The molecule has 3 rings (SSSR count). The number of aromatic nitrogens is 1. The zero-order valence-corrected chi connectivity index (χ0v) is 11.0. The van der Waals surface area contributed by atoms with E-state index in [4.69, 9.17) is 5.84 Å². The fraction of sp³-hybridized carbons (Fsp3) is 0.357. The predicted octanol–water partition coefficient (Wildman–Crippen LogP) is 2.38. The first-order chi connectivity index (χ1) is 8.86. The summed E-state index contributed by atoms with van der Waals surface area (Å²) in [6.45, 7) is 0. The van der Waals surface area contributed by atoms with E-state index >= 15 is 0 Å². The molecule has 0 saturated heterocycles. The van der Waals surface area contributed by atoms with Crippen LogP contribution < -0.4 is 11.3 Å². The molecule has 1 aromatic heterocycles. The third-order valence-corrected chi connectivity index (χ3v) is 4.42. The van der Waals surface area contributed by atoms with Crippen molar-refractivity contribution in [2.45, 2.75) is 31.7 Å². The molecule has 1 unspecified atom stereocenters. The van der Waals surface area contributed by atoms with Crippen LogP contribution in [0.15, 0.2) is 29.9 Å². The highest BCUT2D eigenvalue weighted by Crippen LogP contribution is 2.27. The van der Waals surface area contributed by atoms with E-state index < -0.39 is 0 Å². The molecule has 0 fully saturated rings. The second kappa shape index (κ2) is 5.18. The molecule has 1 atom stereocenters. The van der Waals surface area contributed by atoms with Crippen molar-refractivity contribution in [1.82, 2.24) is 10.4 Å². The van der Waals surface area contributed by atoms with Gasteiger partial charge in [0.2, 0.25) is 0 Å². The van der Waals surface area contributed by atoms with Gasteiger partial charge in [-0.05, 0) is 36.0 Å². The van der Waals surface area contributed by atoms with Gasteiger partial charge >= 0.3 is 0 Å². The largest absolute Gasteiger partial charge is 0.271 e. The predicted molar refractivity (Wildman–Crippen MR) is 74.3 cm³/mol. The molecule has 0 saturated carbocycles. The van der Waals surface area contributed by atoms with Crippen molar-refractivity contribution in [2.24, 2.45) is 5.84 Å². The summed E-state index contributed by atoms with van der Waals surface area (Å²) in [6.07, 6.45) is 6.54. The van der Waals surface area contributed by atoms with Gasteiger partial charge in [-0.25, -0.2) is 0 Å². The van der Waals surface area contributed by atoms with E-state index in [-0.39, 0.29) is 6.04 Å². The Hall–Kier alpha value is -1.23. The van der Waals surface area contributed by atoms with Gasteiger partial charge in [-0.1, -0.05) is 18.2 Å². The van der Waals surface area contributed by atoms with Gasteiger partial charge < -0.3 is 0 Å². The Morgan fingerprint density at radius 2 is 2.22 bits per heavy atom. The average Bonchev–Trinajstić information content (AvgIpc) is 3.06. The molecule has 0 bridgehead atoms. The molecular formula is C14H17N3S. The number of hydrogen-bond acceptors (Lipinski definition) is 4. The number of hydrazine groups is 1. The van der Waals surface area contributed by atoms with Crippen LogP contribution in [0.1, 0.15) is 34.0 Å². The number of rotatable bonds is 4. The number of nitrogens with two attached hydrogens (primary N) is 1. The first-order valence-corrected chi connectivity index (χ1v) is 7.20. The number of nitrogens with zero attached hydrogens (tertiary/aromatic N) is 1. The van der Waals surface area contributed by atoms with E-state index in [9.17, 15) is 0 Å². The molecule has 1 aliphatic rings. The van der Waals surface area contributed by atoms with Crippen molar-refractivity contribution < 1.29 is 0 Å². The zero-order valence-electron chi connectivity index (χ0n) is 10.2. The number of fused-ring (bicyclic) bond motifs is 1. The maximum atomic E-state index is 5.70. The Labute approximate surface area is 111 Å². The molecule has 2 aromatic rings. The van der Waals surface area contributed by atoms with E-state index in [0.29, 0.717) is 0 Å². The number of thiazole rings is 1. The normalized spacial score (nSPS) is 15.6. The summed E-state index contributed by atoms with van der Waals surface area (Å²) in [7, 11) is 0. The summed E-state index contributed by atoms with van der Waals surface area (Å²) in [4.78, 5) is 5.37. The van der Waals surface area contributed by atoms with Crippen molar-refractivity contribution in [3.05, 3.63) is 51.5 Å². The third-order valence-electron chi connectivity index (χ3n) is 3.61. The Kier molecular flexibility index (Phi) is 3.41. The summed E-state index contributed by atoms with van der Waals surface area (Å²) >= 11 is 1.68. The lowest BCUT2D eigenvalue weighted by atomic mass is 9.99. The topological polar surface area (TPSA) is 50.9 Å². The Bertz CT molecular complexity index is 522. The summed E-state index contributed by atoms with van der Waals surface area (Å²) in [5.74, 6) is 5.70. The van der Waals surface area contributed by atoms with Gasteiger partial charge in [0.15, 0.2) is 0 Å². The van der Waals surface area contributed by atoms with E-state index in [1.165, 1.54) is 40.8 Å². The SMILES string of the molecule is NNC(Cc1cncs1)c1ccc2c(c1)CCC2. The highest BCUT2D eigenvalue weighted by molar-refractivity contribution is 7.09. The quantitative estimate of drug-likeness (QED) is 0.655. The first-order valence-electron chi connectivity index (χ1n) is 6.32. The minimum absolute atomic E-state index is 0.177. The molecule has 94 valence electrons. The maximum absolute atomic E-state index is 5.70. The number of nitrogens with one attached hydrogen (secondary N) is 1. The fourth-order valence-corrected chi connectivity index (χ4v) is 3.27. The van der Waals surface area contributed by atoms with Crippen molar-refractivity contribution in [2.75, 3.05) is 0 Å². The molecule has 4 heteroatoms. The monoisotopic (exact) mass is 259 g/mol. The number of aryl methyl sites for hydroxylation is 2. The van der Waals surface area contributed by atoms with Gasteiger partial charge in [0.1, 0.15) is 0 Å². The Morgan fingerprint density at radius 3 is 3.00 bits per heavy atom. The molecule has 0 amide bonds. The van der Waals surface area contributed by atoms with Crippen LogP contribution in [-0.4, -0.2) is 4.98 Å². The summed E-state index contributed by atoms with van der Waals surface area (Å²) < 4.78 is 0. The molecule has 18 heavy (non-hydrogen) atoms. The number of hydrogen-bond donors (Lipinski definition) is 2. The van der Waals surface area contributed by atoms with Crippen molar-refractivity contribution >= 4 is 11.3 Å². The van der Waals surface area contributed by atoms with Crippen LogP contribution in [0.4, 0.5) is 0 Å². The van der Waals surface area contributed by atoms with Crippen LogP contribution in [-0.2, 0) is 19.3 Å². The highest BCUT2D eigenvalue weighted by atomic mass is 32.1. The molecule has 3 nitrogen and oxygen atoms in total. The van der Waals surface area contributed by atoms with E-state index in [2.05, 4.69) is 28.6 Å². The standard InChI is InChI=1S/C14H17N3S/c15-17-14(7-13-8-16-9-18-13)12-5-4-10-2-1-3-11(10)6-12/h4-6,8-9,14,17H,1-3,7,15H2. The first kappa shape index (κ1) is 11.8. The second-order valence-corrected chi connectivity index (χ2v) is 5.74. The second-order valence-electron chi connectivity index (χ2n) is 4.77. The minimum Gasteiger partial charge on any atom is -0.271 e. The van der Waals surface area contributed by atoms with E-state index in [1.54, 1.807) is 11.3 Å². The van der Waals surface area contributed by atoms with Gasteiger partial charge in [0.25, 0.3) is 0 Å². The van der Waals surface area contributed by atoms with Crippen LogP contribution in [0.5, 0.6) is 0 Å².